The predicted molar refractivity (Wildman–Crippen MR) is 107 cm³/mol. The Bertz CT molecular complexity index is 813. The van der Waals surface area contributed by atoms with E-state index in [1.165, 1.54) is 6.07 Å². The van der Waals surface area contributed by atoms with Crippen LogP contribution in [0.4, 0.5) is 4.39 Å². The fourth-order valence-electron chi connectivity index (χ4n) is 4.14. The molecule has 2 N–H and O–H groups in total. The van der Waals surface area contributed by atoms with Crippen molar-refractivity contribution in [2.45, 2.75) is 38.5 Å². The topological polar surface area (TPSA) is 73.9 Å². The molecule has 3 heterocycles. The number of carbonyl (C=O) groups excluding carboxylic acids is 1. The molecule has 0 radical (unpaired) electrons. The van der Waals surface area contributed by atoms with Crippen LogP contribution < -0.4 is 5.32 Å². The molecule has 2 aliphatic rings. The van der Waals surface area contributed by atoms with Crippen LogP contribution in [-0.2, 0) is 6.42 Å². The fraction of sp³-hybridized carbons (Fsp3) is 0.550. The molecule has 0 bridgehead atoms. The summed E-state index contributed by atoms with van der Waals surface area (Å²) in [6, 6.07) is 5.00. The first-order valence-electron chi connectivity index (χ1n) is 9.77. The van der Waals surface area contributed by atoms with Crippen molar-refractivity contribution >= 4 is 18.3 Å². The molecule has 1 amide bonds. The number of aromatic amines is 1. The Morgan fingerprint density at radius 2 is 2.07 bits per heavy atom. The first kappa shape index (κ1) is 20.7. The van der Waals surface area contributed by atoms with E-state index in [1.807, 2.05) is 13.0 Å². The van der Waals surface area contributed by atoms with Crippen LogP contribution in [-0.4, -0.2) is 52.2 Å². The molecule has 8 heteroatoms. The van der Waals surface area contributed by atoms with Gasteiger partial charge in [0.1, 0.15) is 11.6 Å². The predicted octanol–water partition coefficient (Wildman–Crippen LogP) is 2.85. The minimum Gasteiger partial charge on any atom is -0.339 e. The first-order chi connectivity index (χ1) is 13.1. The molecule has 2 saturated heterocycles. The highest BCUT2D eigenvalue weighted by Crippen LogP contribution is 2.27. The molecule has 2 fully saturated rings. The molecular formula is C20H27ClFN5O. The molecule has 0 aliphatic carbocycles. The standard InChI is InChI=1S/C20H26FN5O.ClH/c1-13-23-19(25-24-13)16-5-8-26(9-6-16)20(27)17-11-14(2-3-18(17)21)10-15-4-7-22-12-15;/h2-3,11,15-16,22H,4-10,12H2,1H3,(H,23,24,25);1H. The van der Waals surface area contributed by atoms with Gasteiger partial charge < -0.3 is 10.2 Å². The van der Waals surface area contributed by atoms with E-state index in [-0.39, 0.29) is 29.8 Å². The van der Waals surface area contributed by atoms with Crippen molar-refractivity contribution < 1.29 is 9.18 Å². The van der Waals surface area contributed by atoms with Crippen LogP contribution in [0, 0.1) is 18.7 Å². The number of H-pyrrole nitrogens is 1. The van der Waals surface area contributed by atoms with Crippen molar-refractivity contribution in [3.8, 4) is 0 Å². The third-order valence-electron chi connectivity index (χ3n) is 5.71. The van der Waals surface area contributed by atoms with Gasteiger partial charge in [-0.15, -0.1) is 12.4 Å². The van der Waals surface area contributed by atoms with Crippen LogP contribution in [0.2, 0.25) is 0 Å². The quantitative estimate of drug-likeness (QED) is 0.817. The lowest BCUT2D eigenvalue weighted by molar-refractivity contribution is 0.0706. The molecule has 0 saturated carbocycles. The van der Waals surface area contributed by atoms with E-state index < -0.39 is 5.82 Å². The van der Waals surface area contributed by atoms with E-state index in [1.54, 1.807) is 11.0 Å². The third-order valence-corrected chi connectivity index (χ3v) is 5.71. The molecule has 0 spiro atoms. The van der Waals surface area contributed by atoms with Crippen LogP contribution in [0.5, 0.6) is 0 Å². The Labute approximate surface area is 170 Å². The zero-order chi connectivity index (χ0) is 18.8. The number of hydrogen-bond acceptors (Lipinski definition) is 4. The lowest BCUT2D eigenvalue weighted by atomic mass is 9.94. The van der Waals surface area contributed by atoms with Crippen molar-refractivity contribution in [3.05, 3.63) is 46.8 Å². The first-order valence-corrected chi connectivity index (χ1v) is 9.77. The van der Waals surface area contributed by atoms with Crippen LogP contribution in [0.3, 0.4) is 0 Å². The number of benzene rings is 1. The highest BCUT2D eigenvalue weighted by atomic mass is 35.5. The summed E-state index contributed by atoms with van der Waals surface area (Å²) >= 11 is 0. The average Bonchev–Trinajstić information content (AvgIpc) is 3.35. The normalized spacial score (nSPS) is 20.2. The van der Waals surface area contributed by atoms with E-state index in [0.717, 1.165) is 56.0 Å². The third kappa shape index (κ3) is 4.52. The van der Waals surface area contributed by atoms with E-state index in [0.29, 0.717) is 19.0 Å². The van der Waals surface area contributed by atoms with Crippen molar-refractivity contribution in [2.24, 2.45) is 5.92 Å². The summed E-state index contributed by atoms with van der Waals surface area (Å²) < 4.78 is 14.3. The Hall–Kier alpha value is -1.99. The monoisotopic (exact) mass is 407 g/mol. The Kier molecular flexibility index (Phi) is 6.67. The van der Waals surface area contributed by atoms with Gasteiger partial charge in [-0.3, -0.25) is 9.89 Å². The summed E-state index contributed by atoms with van der Waals surface area (Å²) in [4.78, 5) is 19.1. The molecule has 4 rings (SSSR count). The van der Waals surface area contributed by atoms with E-state index in [9.17, 15) is 9.18 Å². The number of halogens is 2. The zero-order valence-electron chi connectivity index (χ0n) is 16.1. The summed E-state index contributed by atoms with van der Waals surface area (Å²) in [6.45, 7) is 5.12. The van der Waals surface area contributed by atoms with Crippen LogP contribution in [0.1, 0.15) is 52.8 Å². The average molecular weight is 408 g/mol. The second-order valence-corrected chi connectivity index (χ2v) is 7.72. The maximum atomic E-state index is 14.3. The Morgan fingerprint density at radius 3 is 2.71 bits per heavy atom. The van der Waals surface area contributed by atoms with Gasteiger partial charge in [0.25, 0.3) is 5.91 Å². The van der Waals surface area contributed by atoms with Crippen LogP contribution in [0.15, 0.2) is 18.2 Å². The number of hydrogen-bond donors (Lipinski definition) is 2. The number of nitrogens with one attached hydrogen (secondary N) is 2. The molecule has 28 heavy (non-hydrogen) atoms. The Balaban J connectivity index is 0.00000225. The molecule has 1 aromatic heterocycles. The molecule has 1 aromatic carbocycles. The molecular weight excluding hydrogens is 381 g/mol. The van der Waals surface area contributed by atoms with Gasteiger partial charge in [-0.2, -0.15) is 5.10 Å². The van der Waals surface area contributed by atoms with Crippen LogP contribution >= 0.6 is 12.4 Å². The van der Waals surface area contributed by atoms with Gasteiger partial charge in [0, 0.05) is 19.0 Å². The summed E-state index contributed by atoms with van der Waals surface area (Å²) in [5.74, 6) is 1.81. The number of carbonyl (C=O) groups is 1. The summed E-state index contributed by atoms with van der Waals surface area (Å²) in [6.07, 6.45) is 3.63. The number of likely N-dealkylation sites (tertiary alicyclic amines) is 1. The van der Waals surface area contributed by atoms with Gasteiger partial charge in [0.2, 0.25) is 0 Å². The zero-order valence-corrected chi connectivity index (χ0v) is 16.9. The van der Waals surface area contributed by atoms with Crippen LogP contribution in [0.25, 0.3) is 0 Å². The highest BCUT2D eigenvalue weighted by molar-refractivity contribution is 5.94. The molecule has 152 valence electrons. The minimum absolute atomic E-state index is 0. The number of nitrogens with zero attached hydrogens (tertiary/aromatic N) is 3. The summed E-state index contributed by atoms with van der Waals surface area (Å²) in [5.41, 5.74) is 1.24. The van der Waals surface area contributed by atoms with E-state index in [4.69, 9.17) is 0 Å². The van der Waals surface area contributed by atoms with Crippen molar-refractivity contribution in [1.82, 2.24) is 25.4 Å². The fourth-order valence-corrected chi connectivity index (χ4v) is 4.14. The van der Waals surface area contributed by atoms with Gasteiger partial charge in [-0.05, 0) is 69.3 Å². The number of piperidine rings is 1. The number of amides is 1. The van der Waals surface area contributed by atoms with Gasteiger partial charge in [0.05, 0.1) is 5.56 Å². The molecule has 1 unspecified atom stereocenters. The van der Waals surface area contributed by atoms with Crippen molar-refractivity contribution in [2.75, 3.05) is 26.2 Å². The highest BCUT2D eigenvalue weighted by Gasteiger charge is 2.28. The van der Waals surface area contributed by atoms with E-state index in [2.05, 4.69) is 20.5 Å². The van der Waals surface area contributed by atoms with Gasteiger partial charge >= 0.3 is 0 Å². The van der Waals surface area contributed by atoms with Crippen molar-refractivity contribution in [1.29, 1.82) is 0 Å². The lowest BCUT2D eigenvalue weighted by Gasteiger charge is -2.31. The molecule has 1 atom stereocenters. The summed E-state index contributed by atoms with van der Waals surface area (Å²) in [7, 11) is 0. The second kappa shape index (κ2) is 9.01. The Morgan fingerprint density at radius 1 is 1.29 bits per heavy atom. The SMILES string of the molecule is Cc1nc(C2CCN(C(=O)c3cc(CC4CCNC4)ccc3F)CC2)n[nH]1.Cl. The molecule has 2 aromatic rings. The largest absolute Gasteiger partial charge is 0.339 e. The molecule has 6 nitrogen and oxygen atoms in total. The second-order valence-electron chi connectivity index (χ2n) is 7.72. The van der Waals surface area contributed by atoms with E-state index >= 15 is 0 Å². The maximum Gasteiger partial charge on any atom is 0.256 e. The maximum absolute atomic E-state index is 14.3. The van der Waals surface area contributed by atoms with Gasteiger partial charge in [0.15, 0.2) is 5.82 Å². The smallest absolute Gasteiger partial charge is 0.256 e. The molecule has 2 aliphatic heterocycles. The number of aryl methyl sites for hydroxylation is 1. The lowest BCUT2D eigenvalue weighted by Crippen LogP contribution is -2.38. The van der Waals surface area contributed by atoms with Crippen molar-refractivity contribution in [3.63, 3.8) is 0 Å². The number of aromatic nitrogens is 3. The summed E-state index contributed by atoms with van der Waals surface area (Å²) in [5, 5.41) is 10.5. The number of rotatable bonds is 4. The minimum atomic E-state index is -0.431. The van der Waals surface area contributed by atoms with Gasteiger partial charge in [-0.1, -0.05) is 6.07 Å². The van der Waals surface area contributed by atoms with Gasteiger partial charge in [-0.25, -0.2) is 9.37 Å².